The zero-order valence-corrected chi connectivity index (χ0v) is 8.35. The van der Waals surface area contributed by atoms with E-state index in [9.17, 15) is 10.2 Å². The van der Waals surface area contributed by atoms with Gasteiger partial charge in [0.1, 0.15) is 11.2 Å². The van der Waals surface area contributed by atoms with Crippen LogP contribution in [-0.2, 0) is 9.47 Å². The minimum absolute atomic E-state index is 0.104. The standard InChI is InChI=1S/C9H13ClO4/c10-6-2-4-1-5(11)9(12)3-13-8(14-6)7(4)9/h4-8,11-12H,1-3H2/t4-,5-,6+,7-,8+,9+/m1/s1. The predicted octanol–water partition coefficient (Wildman–Crippen LogP) is 0.0560. The molecule has 0 spiro atoms. The molecule has 2 heterocycles. The zero-order chi connectivity index (χ0) is 9.92. The van der Waals surface area contributed by atoms with Gasteiger partial charge in [-0.1, -0.05) is 11.6 Å². The highest BCUT2D eigenvalue weighted by Gasteiger charge is 2.63. The molecular weight excluding hydrogens is 208 g/mol. The van der Waals surface area contributed by atoms with Crippen molar-refractivity contribution < 1.29 is 19.7 Å². The Bertz CT molecular complexity index is 261. The van der Waals surface area contributed by atoms with Gasteiger partial charge in [0.25, 0.3) is 0 Å². The summed E-state index contributed by atoms with van der Waals surface area (Å²) in [6, 6.07) is 0. The maximum Gasteiger partial charge on any atom is 0.165 e. The molecule has 2 N–H and O–H groups in total. The molecule has 2 aliphatic heterocycles. The van der Waals surface area contributed by atoms with Crippen LogP contribution in [0.4, 0.5) is 0 Å². The monoisotopic (exact) mass is 220 g/mol. The second-order valence-electron chi connectivity index (χ2n) is 4.49. The number of hydrogen-bond acceptors (Lipinski definition) is 4. The predicted molar refractivity (Wildman–Crippen MR) is 47.6 cm³/mol. The van der Waals surface area contributed by atoms with Crippen molar-refractivity contribution in [2.24, 2.45) is 11.8 Å². The van der Waals surface area contributed by atoms with Gasteiger partial charge in [0.2, 0.25) is 0 Å². The van der Waals surface area contributed by atoms with Crippen molar-refractivity contribution >= 4 is 11.6 Å². The third kappa shape index (κ3) is 1.03. The Morgan fingerprint density at radius 3 is 2.93 bits per heavy atom. The average molecular weight is 221 g/mol. The molecule has 0 bridgehead atoms. The minimum atomic E-state index is -1.10. The molecule has 0 aromatic rings. The molecule has 4 nitrogen and oxygen atoms in total. The quantitative estimate of drug-likeness (QED) is 0.567. The Morgan fingerprint density at radius 2 is 2.14 bits per heavy atom. The summed E-state index contributed by atoms with van der Waals surface area (Å²) in [6.45, 7) is 0.156. The Labute approximate surface area is 86.8 Å². The fourth-order valence-electron chi connectivity index (χ4n) is 3.04. The van der Waals surface area contributed by atoms with E-state index in [0.29, 0.717) is 12.8 Å². The van der Waals surface area contributed by atoms with Crippen LogP contribution in [0.1, 0.15) is 12.8 Å². The van der Waals surface area contributed by atoms with Crippen LogP contribution in [0.25, 0.3) is 0 Å². The van der Waals surface area contributed by atoms with Gasteiger partial charge in [-0.2, -0.15) is 0 Å². The van der Waals surface area contributed by atoms with Gasteiger partial charge >= 0.3 is 0 Å². The second kappa shape index (κ2) is 2.83. The van der Waals surface area contributed by atoms with Gasteiger partial charge in [-0.15, -0.1) is 0 Å². The largest absolute Gasteiger partial charge is 0.390 e. The Morgan fingerprint density at radius 1 is 1.36 bits per heavy atom. The summed E-state index contributed by atoms with van der Waals surface area (Å²) in [6.07, 6.45) is 0.158. The molecule has 0 amide bonds. The number of hydrogen-bond donors (Lipinski definition) is 2. The summed E-state index contributed by atoms with van der Waals surface area (Å²) in [5.41, 5.74) is -1.46. The van der Waals surface area contributed by atoms with Crippen molar-refractivity contribution in [2.45, 2.75) is 36.4 Å². The second-order valence-corrected chi connectivity index (χ2v) is 4.98. The molecule has 14 heavy (non-hydrogen) atoms. The Kier molecular flexibility index (Phi) is 1.89. The SMILES string of the molecule is O[C@@H]1C[C@@H]2C[C@@H](Cl)O[C@@H]3OC[C@@]1(O)[C@H]23. The van der Waals surface area contributed by atoms with Crippen LogP contribution in [0.5, 0.6) is 0 Å². The highest BCUT2D eigenvalue weighted by Crippen LogP contribution is 2.52. The summed E-state index contributed by atoms with van der Waals surface area (Å²) in [7, 11) is 0. The number of alkyl halides is 1. The molecule has 6 atom stereocenters. The van der Waals surface area contributed by atoms with Crippen molar-refractivity contribution in [3.8, 4) is 0 Å². The normalized spacial score (nSPS) is 61.5. The van der Waals surface area contributed by atoms with Gasteiger partial charge in [0.05, 0.1) is 12.7 Å². The molecule has 1 aliphatic carbocycles. The van der Waals surface area contributed by atoms with E-state index >= 15 is 0 Å². The van der Waals surface area contributed by atoms with Gasteiger partial charge in [0, 0.05) is 5.92 Å². The first-order valence-corrected chi connectivity index (χ1v) is 5.36. The lowest BCUT2D eigenvalue weighted by molar-refractivity contribution is -0.179. The lowest BCUT2D eigenvalue weighted by Gasteiger charge is -2.34. The van der Waals surface area contributed by atoms with Gasteiger partial charge in [-0.3, -0.25) is 0 Å². The van der Waals surface area contributed by atoms with Crippen LogP contribution in [0.15, 0.2) is 0 Å². The number of aliphatic hydroxyl groups excluding tert-OH is 1. The smallest absolute Gasteiger partial charge is 0.165 e. The number of halogens is 1. The first-order chi connectivity index (χ1) is 6.61. The van der Waals surface area contributed by atoms with Crippen molar-refractivity contribution in [1.29, 1.82) is 0 Å². The summed E-state index contributed by atoms with van der Waals surface area (Å²) in [5.74, 6) is 0.117. The van der Waals surface area contributed by atoms with Gasteiger partial charge < -0.3 is 19.7 Å². The van der Waals surface area contributed by atoms with Crippen LogP contribution < -0.4 is 0 Å². The summed E-state index contributed by atoms with van der Waals surface area (Å²) in [4.78, 5) is 0. The third-order valence-electron chi connectivity index (χ3n) is 3.73. The van der Waals surface area contributed by atoms with E-state index in [1.165, 1.54) is 0 Å². The molecule has 5 heteroatoms. The zero-order valence-electron chi connectivity index (χ0n) is 7.60. The van der Waals surface area contributed by atoms with E-state index < -0.39 is 18.0 Å². The Balaban J connectivity index is 1.94. The topological polar surface area (TPSA) is 58.9 Å². The molecule has 1 saturated carbocycles. The van der Waals surface area contributed by atoms with Gasteiger partial charge in [-0.05, 0) is 18.8 Å². The number of aliphatic hydroxyl groups is 2. The van der Waals surface area contributed by atoms with Crippen molar-refractivity contribution in [1.82, 2.24) is 0 Å². The number of ether oxygens (including phenoxy) is 2. The molecule has 0 radical (unpaired) electrons. The molecule has 0 aromatic heterocycles. The highest BCUT2D eigenvalue weighted by atomic mass is 35.5. The van der Waals surface area contributed by atoms with Gasteiger partial charge in [-0.25, -0.2) is 0 Å². The minimum Gasteiger partial charge on any atom is -0.390 e. The lowest BCUT2D eigenvalue weighted by Crippen LogP contribution is -2.46. The fourth-order valence-corrected chi connectivity index (χ4v) is 3.37. The van der Waals surface area contributed by atoms with E-state index in [0.717, 1.165) is 0 Å². The molecule has 0 aromatic carbocycles. The molecule has 3 fully saturated rings. The van der Waals surface area contributed by atoms with Gasteiger partial charge in [0.15, 0.2) is 6.29 Å². The van der Waals surface area contributed by atoms with Crippen molar-refractivity contribution in [2.75, 3.05) is 6.61 Å². The molecule has 3 aliphatic rings. The molecule has 2 saturated heterocycles. The van der Waals surface area contributed by atoms with Crippen LogP contribution in [0.3, 0.4) is 0 Å². The lowest BCUT2D eigenvalue weighted by atomic mass is 9.84. The summed E-state index contributed by atoms with van der Waals surface area (Å²) in [5, 5.41) is 20.0. The fraction of sp³-hybridized carbons (Fsp3) is 1.00. The molecule has 3 rings (SSSR count). The van der Waals surface area contributed by atoms with Crippen molar-refractivity contribution in [3.63, 3.8) is 0 Å². The maximum atomic E-state index is 10.2. The van der Waals surface area contributed by atoms with E-state index in [2.05, 4.69) is 0 Å². The summed E-state index contributed by atoms with van der Waals surface area (Å²) >= 11 is 5.90. The highest BCUT2D eigenvalue weighted by molar-refractivity contribution is 6.19. The third-order valence-corrected chi connectivity index (χ3v) is 4.01. The number of rotatable bonds is 0. The van der Waals surface area contributed by atoms with Crippen molar-refractivity contribution in [3.05, 3.63) is 0 Å². The van der Waals surface area contributed by atoms with E-state index in [1.54, 1.807) is 0 Å². The summed E-state index contributed by atoms with van der Waals surface area (Å²) < 4.78 is 10.7. The maximum absolute atomic E-state index is 10.2. The van der Waals surface area contributed by atoms with Crippen LogP contribution in [0, 0.1) is 11.8 Å². The molecule has 80 valence electrons. The van der Waals surface area contributed by atoms with Crippen LogP contribution in [0.2, 0.25) is 0 Å². The molecule has 0 unspecified atom stereocenters. The molecular formula is C9H13ClO4. The average Bonchev–Trinajstić information content (AvgIpc) is 2.55. The first-order valence-electron chi connectivity index (χ1n) is 4.93. The van der Waals surface area contributed by atoms with E-state index in [4.69, 9.17) is 21.1 Å². The first kappa shape index (κ1) is 9.36. The Hall–Kier alpha value is 0.130. The van der Waals surface area contributed by atoms with E-state index in [-0.39, 0.29) is 24.0 Å². The van der Waals surface area contributed by atoms with Crippen LogP contribution in [-0.4, -0.2) is 40.4 Å². The van der Waals surface area contributed by atoms with E-state index in [1.807, 2.05) is 0 Å². The van der Waals surface area contributed by atoms with Crippen LogP contribution >= 0.6 is 11.6 Å².